The van der Waals surface area contributed by atoms with Crippen molar-refractivity contribution in [2.24, 2.45) is 5.10 Å². The number of aryl methyl sites for hydroxylation is 1. The molecule has 2 amide bonds. The lowest BCUT2D eigenvalue weighted by molar-refractivity contribution is 0.247. The molecule has 0 saturated carbocycles. The smallest absolute Gasteiger partial charge is 0.280 e. The van der Waals surface area contributed by atoms with Crippen molar-refractivity contribution in [3.05, 3.63) is 29.6 Å². The van der Waals surface area contributed by atoms with Crippen LogP contribution in [0.1, 0.15) is 25.2 Å². The van der Waals surface area contributed by atoms with Gasteiger partial charge >= 0.3 is 6.03 Å². The molecule has 0 atom stereocenters. The monoisotopic (exact) mass is 252 g/mol. The van der Waals surface area contributed by atoms with Crippen LogP contribution < -0.4 is 10.1 Å². The van der Waals surface area contributed by atoms with Gasteiger partial charge in [-0.25, -0.2) is 10.2 Å². The van der Waals surface area contributed by atoms with Gasteiger partial charge in [0.1, 0.15) is 0 Å². The molecule has 0 aliphatic carbocycles. The highest BCUT2D eigenvalue weighted by Gasteiger charge is 2.01. The summed E-state index contributed by atoms with van der Waals surface area (Å²) in [5, 5.41) is 3.97. The predicted octanol–water partition coefficient (Wildman–Crippen LogP) is 2.08. The minimum absolute atomic E-state index is 0.330. The normalized spacial score (nSPS) is 11.1. The van der Waals surface area contributed by atoms with Crippen LogP contribution in [0.4, 0.5) is 4.79 Å². The molecule has 0 aliphatic heterocycles. The lowest BCUT2D eigenvalue weighted by Gasteiger charge is -2.03. The first-order chi connectivity index (χ1) is 8.13. The molecule has 0 bridgehead atoms. The van der Waals surface area contributed by atoms with Crippen molar-refractivity contribution >= 4 is 23.7 Å². The number of hydrazone groups is 1. The number of hydrogen-bond acceptors (Lipinski definition) is 4. The van der Waals surface area contributed by atoms with E-state index in [2.05, 4.69) is 20.2 Å². The standard InChI is InChI=1S/C11H16N4OS/c1-4-17-15-11(16)14-13-9(3)10-7-5-6-8(2)12-10/h5-7H,4H2,1-3H3,(H2,14,15,16)/b13-9+. The molecular weight excluding hydrogens is 236 g/mol. The molecule has 0 radical (unpaired) electrons. The number of urea groups is 1. The van der Waals surface area contributed by atoms with Gasteiger partial charge in [-0.2, -0.15) is 5.10 Å². The molecule has 0 spiro atoms. The summed E-state index contributed by atoms with van der Waals surface area (Å²) in [7, 11) is 0. The first kappa shape index (κ1) is 13.5. The maximum atomic E-state index is 11.2. The minimum Gasteiger partial charge on any atom is -0.280 e. The van der Waals surface area contributed by atoms with Gasteiger partial charge in [0.25, 0.3) is 0 Å². The number of nitrogens with zero attached hydrogens (tertiary/aromatic N) is 2. The number of carbonyl (C=O) groups excluding carboxylic acids is 1. The molecule has 17 heavy (non-hydrogen) atoms. The van der Waals surface area contributed by atoms with Gasteiger partial charge in [-0.3, -0.25) is 9.71 Å². The van der Waals surface area contributed by atoms with E-state index in [1.54, 1.807) is 6.92 Å². The Hall–Kier alpha value is -1.56. The summed E-state index contributed by atoms with van der Waals surface area (Å²) >= 11 is 1.32. The van der Waals surface area contributed by atoms with Crippen LogP contribution in [0.5, 0.6) is 0 Å². The maximum Gasteiger partial charge on any atom is 0.345 e. The van der Waals surface area contributed by atoms with Crippen LogP contribution in [-0.4, -0.2) is 22.5 Å². The van der Waals surface area contributed by atoms with E-state index in [1.165, 1.54) is 11.9 Å². The van der Waals surface area contributed by atoms with Crippen LogP contribution in [0.15, 0.2) is 23.3 Å². The average molecular weight is 252 g/mol. The SMILES string of the molecule is CCSNC(=O)N/N=C(\C)c1cccc(C)n1. The third kappa shape index (κ3) is 4.86. The van der Waals surface area contributed by atoms with E-state index in [0.717, 1.165) is 17.1 Å². The Balaban J connectivity index is 2.57. The molecule has 2 N–H and O–H groups in total. The largest absolute Gasteiger partial charge is 0.345 e. The molecular formula is C11H16N4OS. The number of rotatable bonds is 4. The second kappa shape index (κ2) is 6.90. The molecule has 0 fully saturated rings. The topological polar surface area (TPSA) is 66.4 Å². The molecule has 0 aromatic carbocycles. The molecule has 92 valence electrons. The van der Waals surface area contributed by atoms with Gasteiger partial charge in [0.05, 0.1) is 11.4 Å². The van der Waals surface area contributed by atoms with Crippen molar-refractivity contribution < 1.29 is 4.79 Å². The fraction of sp³-hybridized carbons (Fsp3) is 0.364. The Morgan fingerprint density at radius 3 is 2.94 bits per heavy atom. The predicted molar refractivity (Wildman–Crippen MR) is 71.0 cm³/mol. The number of pyridine rings is 1. The van der Waals surface area contributed by atoms with E-state index < -0.39 is 0 Å². The lowest BCUT2D eigenvalue weighted by Crippen LogP contribution is -2.28. The number of hydrogen-bond donors (Lipinski definition) is 2. The summed E-state index contributed by atoms with van der Waals surface area (Å²) < 4.78 is 2.59. The van der Waals surface area contributed by atoms with Gasteiger partial charge in [0.15, 0.2) is 0 Å². The second-order valence-electron chi connectivity index (χ2n) is 3.34. The van der Waals surface area contributed by atoms with Gasteiger partial charge in [0, 0.05) is 11.4 Å². The van der Waals surface area contributed by atoms with E-state index in [-0.39, 0.29) is 6.03 Å². The highest BCUT2D eigenvalue weighted by molar-refractivity contribution is 7.97. The molecule has 0 saturated heterocycles. The van der Waals surface area contributed by atoms with E-state index >= 15 is 0 Å². The molecule has 5 nitrogen and oxygen atoms in total. The van der Waals surface area contributed by atoms with Crippen molar-refractivity contribution in [1.29, 1.82) is 0 Å². The van der Waals surface area contributed by atoms with Crippen molar-refractivity contribution in [3.63, 3.8) is 0 Å². The van der Waals surface area contributed by atoms with Crippen molar-refractivity contribution in [2.75, 3.05) is 5.75 Å². The molecule has 1 aromatic heterocycles. The van der Waals surface area contributed by atoms with Crippen molar-refractivity contribution in [1.82, 2.24) is 15.1 Å². The van der Waals surface area contributed by atoms with Crippen LogP contribution in [-0.2, 0) is 0 Å². The zero-order chi connectivity index (χ0) is 12.7. The van der Waals surface area contributed by atoms with Crippen molar-refractivity contribution in [2.45, 2.75) is 20.8 Å². The molecule has 1 rings (SSSR count). The summed E-state index contributed by atoms with van der Waals surface area (Å²) in [4.78, 5) is 15.5. The first-order valence-corrected chi connectivity index (χ1v) is 6.28. The van der Waals surface area contributed by atoms with Gasteiger partial charge < -0.3 is 0 Å². The number of nitrogens with one attached hydrogen (secondary N) is 2. The number of aromatic nitrogens is 1. The average Bonchev–Trinajstić information content (AvgIpc) is 2.33. The van der Waals surface area contributed by atoms with Crippen LogP contribution in [0, 0.1) is 6.92 Å². The summed E-state index contributed by atoms with van der Waals surface area (Å²) in [6.45, 7) is 5.67. The highest BCUT2D eigenvalue weighted by atomic mass is 32.2. The van der Waals surface area contributed by atoms with Gasteiger partial charge in [-0.15, -0.1) is 0 Å². The molecule has 1 heterocycles. The summed E-state index contributed by atoms with van der Waals surface area (Å²) in [6, 6.07) is 5.34. The number of carbonyl (C=O) groups is 1. The van der Waals surface area contributed by atoms with E-state index in [0.29, 0.717) is 5.71 Å². The summed E-state index contributed by atoms with van der Waals surface area (Å²) in [5.74, 6) is 0.815. The third-order valence-electron chi connectivity index (χ3n) is 1.89. The molecule has 1 aromatic rings. The first-order valence-electron chi connectivity index (χ1n) is 5.29. The summed E-state index contributed by atoms with van der Waals surface area (Å²) in [6.07, 6.45) is 0. The molecule has 0 unspecified atom stereocenters. The van der Waals surface area contributed by atoms with Gasteiger partial charge in [-0.05, 0) is 37.9 Å². The Morgan fingerprint density at radius 1 is 1.53 bits per heavy atom. The second-order valence-corrected chi connectivity index (χ2v) is 4.41. The van der Waals surface area contributed by atoms with Crippen LogP contribution in [0.2, 0.25) is 0 Å². The zero-order valence-electron chi connectivity index (χ0n) is 10.2. The fourth-order valence-corrected chi connectivity index (χ4v) is 1.42. The van der Waals surface area contributed by atoms with Crippen LogP contribution in [0.25, 0.3) is 0 Å². The minimum atomic E-state index is -0.330. The lowest BCUT2D eigenvalue weighted by atomic mass is 10.2. The van der Waals surface area contributed by atoms with E-state index in [9.17, 15) is 4.79 Å². The Labute approximate surface area is 105 Å². The maximum absolute atomic E-state index is 11.2. The Kier molecular flexibility index (Phi) is 5.48. The Bertz CT molecular complexity index is 420. The summed E-state index contributed by atoms with van der Waals surface area (Å²) in [5.41, 5.74) is 4.76. The highest BCUT2D eigenvalue weighted by Crippen LogP contribution is 1.99. The van der Waals surface area contributed by atoms with Gasteiger partial charge in [-0.1, -0.05) is 13.0 Å². The van der Waals surface area contributed by atoms with Gasteiger partial charge in [0.2, 0.25) is 0 Å². The third-order valence-corrected chi connectivity index (χ3v) is 2.51. The Morgan fingerprint density at radius 2 is 2.29 bits per heavy atom. The molecule has 0 aliphatic rings. The number of amides is 2. The zero-order valence-corrected chi connectivity index (χ0v) is 11.0. The van der Waals surface area contributed by atoms with E-state index in [4.69, 9.17) is 0 Å². The van der Waals surface area contributed by atoms with E-state index in [1.807, 2.05) is 32.0 Å². The van der Waals surface area contributed by atoms with Crippen LogP contribution in [0.3, 0.4) is 0 Å². The van der Waals surface area contributed by atoms with Crippen LogP contribution >= 0.6 is 11.9 Å². The quantitative estimate of drug-likeness (QED) is 0.490. The molecule has 6 heteroatoms. The van der Waals surface area contributed by atoms with Crippen molar-refractivity contribution in [3.8, 4) is 0 Å². The fourth-order valence-electron chi connectivity index (χ4n) is 1.10.